The Morgan fingerprint density at radius 3 is 2.29 bits per heavy atom. The van der Waals surface area contributed by atoms with Gasteiger partial charge in [-0.1, -0.05) is 30.3 Å². The standard InChI is InChI=1S/C12H16O2/c1-2-4-11(5-3-1)8-12-9-13-6-7-14-10-12/h1-5,12H,6-10H2. The molecule has 2 rings (SSSR count). The van der Waals surface area contributed by atoms with E-state index in [1.165, 1.54) is 5.56 Å². The smallest absolute Gasteiger partial charge is 0.0700 e. The van der Waals surface area contributed by atoms with Gasteiger partial charge in [-0.3, -0.25) is 0 Å². The molecule has 0 saturated carbocycles. The first-order chi connectivity index (χ1) is 6.95. The molecule has 76 valence electrons. The van der Waals surface area contributed by atoms with Crippen LogP contribution in [0.3, 0.4) is 0 Å². The zero-order valence-corrected chi connectivity index (χ0v) is 8.32. The molecule has 0 radical (unpaired) electrons. The van der Waals surface area contributed by atoms with E-state index in [1.807, 2.05) is 6.07 Å². The normalized spacial score (nSPS) is 19.1. The summed E-state index contributed by atoms with van der Waals surface area (Å²) in [5.74, 6) is 0.514. The molecule has 2 nitrogen and oxygen atoms in total. The third-order valence-corrected chi connectivity index (χ3v) is 2.45. The second-order valence-electron chi connectivity index (χ2n) is 3.71. The predicted molar refractivity (Wildman–Crippen MR) is 55.3 cm³/mol. The SMILES string of the molecule is c1ccc(CC2COCCOC2)cc1. The Labute approximate surface area is 84.8 Å². The van der Waals surface area contributed by atoms with Crippen LogP contribution >= 0.6 is 0 Å². The van der Waals surface area contributed by atoms with Gasteiger partial charge in [0.05, 0.1) is 26.4 Å². The number of ether oxygens (including phenoxy) is 2. The van der Waals surface area contributed by atoms with Gasteiger partial charge in [0.1, 0.15) is 0 Å². The maximum Gasteiger partial charge on any atom is 0.0700 e. The summed E-state index contributed by atoms with van der Waals surface area (Å²) in [6, 6.07) is 10.5. The molecule has 0 bridgehead atoms. The lowest BCUT2D eigenvalue weighted by atomic mass is 10.0. The predicted octanol–water partition coefficient (Wildman–Crippen LogP) is 1.89. The van der Waals surface area contributed by atoms with Gasteiger partial charge in [0.25, 0.3) is 0 Å². The Morgan fingerprint density at radius 1 is 1.00 bits per heavy atom. The summed E-state index contributed by atoms with van der Waals surface area (Å²) in [6.07, 6.45) is 1.06. The van der Waals surface area contributed by atoms with Crippen molar-refractivity contribution in [3.63, 3.8) is 0 Å². The molecule has 0 N–H and O–H groups in total. The zero-order chi connectivity index (χ0) is 9.64. The van der Waals surface area contributed by atoms with Crippen molar-refractivity contribution < 1.29 is 9.47 Å². The highest BCUT2D eigenvalue weighted by Gasteiger charge is 2.13. The Balaban J connectivity index is 1.90. The van der Waals surface area contributed by atoms with Gasteiger partial charge in [-0.2, -0.15) is 0 Å². The fourth-order valence-electron chi connectivity index (χ4n) is 1.73. The van der Waals surface area contributed by atoms with Gasteiger partial charge in [0.2, 0.25) is 0 Å². The van der Waals surface area contributed by atoms with Crippen LogP contribution in [-0.4, -0.2) is 26.4 Å². The Morgan fingerprint density at radius 2 is 1.64 bits per heavy atom. The maximum atomic E-state index is 5.45. The van der Waals surface area contributed by atoms with Crippen LogP contribution in [0.15, 0.2) is 30.3 Å². The van der Waals surface area contributed by atoms with Crippen molar-refractivity contribution in [1.82, 2.24) is 0 Å². The maximum absolute atomic E-state index is 5.45. The summed E-state index contributed by atoms with van der Waals surface area (Å²) in [5, 5.41) is 0. The summed E-state index contributed by atoms with van der Waals surface area (Å²) in [5.41, 5.74) is 1.37. The van der Waals surface area contributed by atoms with Gasteiger partial charge in [-0.25, -0.2) is 0 Å². The zero-order valence-electron chi connectivity index (χ0n) is 8.32. The fourth-order valence-corrected chi connectivity index (χ4v) is 1.73. The van der Waals surface area contributed by atoms with E-state index in [0.717, 1.165) is 32.8 Å². The second-order valence-corrected chi connectivity index (χ2v) is 3.71. The second kappa shape index (κ2) is 5.13. The van der Waals surface area contributed by atoms with Crippen molar-refractivity contribution in [3.05, 3.63) is 35.9 Å². The van der Waals surface area contributed by atoms with Crippen molar-refractivity contribution in [2.45, 2.75) is 6.42 Å². The van der Waals surface area contributed by atoms with Crippen LogP contribution in [-0.2, 0) is 15.9 Å². The largest absolute Gasteiger partial charge is 0.379 e. The molecule has 0 spiro atoms. The Hall–Kier alpha value is -0.860. The summed E-state index contributed by atoms with van der Waals surface area (Å²) in [4.78, 5) is 0. The van der Waals surface area contributed by atoms with Crippen LogP contribution in [0.5, 0.6) is 0 Å². The first kappa shape index (κ1) is 9.69. The summed E-state index contributed by atoms with van der Waals surface area (Å²) < 4.78 is 10.9. The summed E-state index contributed by atoms with van der Waals surface area (Å²) >= 11 is 0. The molecule has 0 aliphatic carbocycles. The highest BCUT2D eigenvalue weighted by Crippen LogP contribution is 2.11. The minimum Gasteiger partial charge on any atom is -0.379 e. The van der Waals surface area contributed by atoms with Gasteiger partial charge in [-0.05, 0) is 12.0 Å². The van der Waals surface area contributed by atoms with E-state index in [-0.39, 0.29) is 0 Å². The molecular weight excluding hydrogens is 176 g/mol. The monoisotopic (exact) mass is 192 g/mol. The molecule has 0 unspecified atom stereocenters. The lowest BCUT2D eigenvalue weighted by Gasteiger charge is -2.12. The molecule has 1 heterocycles. The van der Waals surface area contributed by atoms with Crippen LogP contribution in [0.25, 0.3) is 0 Å². The average Bonchev–Trinajstić information content (AvgIpc) is 2.48. The molecular formula is C12H16O2. The third-order valence-electron chi connectivity index (χ3n) is 2.45. The lowest BCUT2D eigenvalue weighted by molar-refractivity contribution is 0.103. The molecule has 1 aliphatic heterocycles. The van der Waals surface area contributed by atoms with E-state index in [4.69, 9.17) is 9.47 Å². The molecule has 1 fully saturated rings. The molecule has 1 aromatic carbocycles. The Kier molecular flexibility index (Phi) is 3.55. The minimum absolute atomic E-state index is 0.514. The topological polar surface area (TPSA) is 18.5 Å². The van der Waals surface area contributed by atoms with Gasteiger partial charge in [0, 0.05) is 5.92 Å². The van der Waals surface area contributed by atoms with E-state index >= 15 is 0 Å². The van der Waals surface area contributed by atoms with Crippen LogP contribution in [0.2, 0.25) is 0 Å². The van der Waals surface area contributed by atoms with Crippen LogP contribution < -0.4 is 0 Å². The number of hydrogen-bond donors (Lipinski definition) is 0. The van der Waals surface area contributed by atoms with E-state index in [2.05, 4.69) is 24.3 Å². The van der Waals surface area contributed by atoms with Crippen LogP contribution in [0.1, 0.15) is 5.56 Å². The highest BCUT2D eigenvalue weighted by atomic mass is 16.5. The van der Waals surface area contributed by atoms with Gasteiger partial charge >= 0.3 is 0 Å². The molecule has 2 heteroatoms. The average molecular weight is 192 g/mol. The van der Waals surface area contributed by atoms with E-state index < -0.39 is 0 Å². The molecule has 1 saturated heterocycles. The number of hydrogen-bond acceptors (Lipinski definition) is 2. The van der Waals surface area contributed by atoms with Crippen molar-refractivity contribution in [2.75, 3.05) is 26.4 Å². The Bertz CT molecular complexity index is 250. The van der Waals surface area contributed by atoms with Gasteiger partial charge in [-0.15, -0.1) is 0 Å². The van der Waals surface area contributed by atoms with Crippen molar-refractivity contribution in [1.29, 1.82) is 0 Å². The van der Waals surface area contributed by atoms with Crippen LogP contribution in [0, 0.1) is 5.92 Å². The van der Waals surface area contributed by atoms with Crippen molar-refractivity contribution in [3.8, 4) is 0 Å². The van der Waals surface area contributed by atoms with E-state index in [9.17, 15) is 0 Å². The molecule has 14 heavy (non-hydrogen) atoms. The van der Waals surface area contributed by atoms with Crippen LogP contribution in [0.4, 0.5) is 0 Å². The molecule has 0 amide bonds. The molecule has 0 atom stereocenters. The van der Waals surface area contributed by atoms with E-state index in [1.54, 1.807) is 0 Å². The first-order valence-electron chi connectivity index (χ1n) is 5.14. The van der Waals surface area contributed by atoms with Crippen molar-refractivity contribution in [2.24, 2.45) is 5.92 Å². The van der Waals surface area contributed by atoms with Gasteiger partial charge in [0.15, 0.2) is 0 Å². The molecule has 1 aliphatic rings. The molecule has 1 aromatic rings. The quantitative estimate of drug-likeness (QED) is 0.712. The molecule has 0 aromatic heterocycles. The fraction of sp³-hybridized carbons (Fsp3) is 0.500. The summed E-state index contributed by atoms with van der Waals surface area (Å²) in [6.45, 7) is 3.14. The minimum atomic E-state index is 0.514. The number of benzene rings is 1. The number of rotatable bonds is 2. The highest BCUT2D eigenvalue weighted by molar-refractivity contribution is 5.15. The lowest BCUT2D eigenvalue weighted by Crippen LogP contribution is -2.14. The van der Waals surface area contributed by atoms with E-state index in [0.29, 0.717) is 5.92 Å². The van der Waals surface area contributed by atoms with Gasteiger partial charge < -0.3 is 9.47 Å². The summed E-state index contributed by atoms with van der Waals surface area (Å²) in [7, 11) is 0. The first-order valence-corrected chi connectivity index (χ1v) is 5.14. The third kappa shape index (κ3) is 2.82. The van der Waals surface area contributed by atoms with Crippen molar-refractivity contribution >= 4 is 0 Å².